The van der Waals surface area contributed by atoms with Gasteiger partial charge in [0.1, 0.15) is 0 Å². The highest BCUT2D eigenvalue weighted by molar-refractivity contribution is 6.36. The summed E-state index contributed by atoms with van der Waals surface area (Å²) in [4.78, 5) is 12.0. The summed E-state index contributed by atoms with van der Waals surface area (Å²) in [6, 6.07) is 6.98. The van der Waals surface area contributed by atoms with Crippen LogP contribution < -0.4 is 5.43 Å². The second kappa shape index (κ2) is 5.81. The molecule has 0 amide bonds. The fraction of sp³-hybridized carbons (Fsp3) is 0.267. The Morgan fingerprint density at radius 2 is 1.74 bits per heavy atom. The quantitative estimate of drug-likeness (QED) is 0.836. The maximum atomic E-state index is 12.0. The summed E-state index contributed by atoms with van der Waals surface area (Å²) in [6.07, 6.45) is 2.28. The molecule has 0 bridgehead atoms. The molecule has 0 N–H and O–H groups in total. The van der Waals surface area contributed by atoms with Gasteiger partial charge in [0, 0.05) is 46.5 Å². The first-order chi connectivity index (χ1) is 9.04. The predicted molar refractivity (Wildman–Crippen MR) is 80.4 cm³/mol. The fourth-order valence-electron chi connectivity index (χ4n) is 2.16. The molecule has 1 aromatic heterocycles. The predicted octanol–water partition coefficient (Wildman–Crippen LogP) is 4.07. The number of pyridine rings is 1. The topological polar surface area (TPSA) is 22.0 Å². The second-order valence-electron chi connectivity index (χ2n) is 4.41. The van der Waals surface area contributed by atoms with Crippen LogP contribution in [0.5, 0.6) is 0 Å². The molecule has 0 aliphatic carbocycles. The monoisotopic (exact) mass is 295 g/mol. The highest BCUT2D eigenvalue weighted by Crippen LogP contribution is 2.26. The standard InChI is InChI=1S/C15H15Cl2NO/c1-3-18-8-7-15(19)11(10(18)2)9-12-13(16)5-4-6-14(12)17/h4-8H,3,9H2,1-2H3. The Balaban J connectivity index is 2.53. The van der Waals surface area contributed by atoms with Crippen LogP contribution in [0.25, 0.3) is 0 Å². The zero-order chi connectivity index (χ0) is 14.0. The zero-order valence-corrected chi connectivity index (χ0v) is 12.4. The van der Waals surface area contributed by atoms with Crippen molar-refractivity contribution in [2.75, 3.05) is 0 Å². The number of nitrogens with zero attached hydrogens (tertiary/aromatic N) is 1. The summed E-state index contributed by atoms with van der Waals surface area (Å²) in [5, 5.41) is 1.19. The highest BCUT2D eigenvalue weighted by atomic mass is 35.5. The van der Waals surface area contributed by atoms with E-state index in [1.807, 2.05) is 24.6 Å². The van der Waals surface area contributed by atoms with Gasteiger partial charge in [0.15, 0.2) is 5.43 Å². The van der Waals surface area contributed by atoms with E-state index in [1.54, 1.807) is 24.3 Å². The third kappa shape index (κ3) is 2.85. The molecule has 0 radical (unpaired) electrons. The number of hydrogen-bond acceptors (Lipinski definition) is 1. The van der Waals surface area contributed by atoms with Gasteiger partial charge >= 0.3 is 0 Å². The van der Waals surface area contributed by atoms with Crippen molar-refractivity contribution in [3.63, 3.8) is 0 Å². The minimum atomic E-state index is 0.0261. The van der Waals surface area contributed by atoms with E-state index in [-0.39, 0.29) is 5.43 Å². The Kier molecular flexibility index (Phi) is 4.33. The van der Waals surface area contributed by atoms with Gasteiger partial charge < -0.3 is 4.57 Å². The van der Waals surface area contributed by atoms with E-state index in [4.69, 9.17) is 23.2 Å². The van der Waals surface area contributed by atoms with Crippen molar-refractivity contribution in [3.8, 4) is 0 Å². The molecule has 2 aromatic rings. The van der Waals surface area contributed by atoms with Gasteiger partial charge in [-0.25, -0.2) is 0 Å². The Morgan fingerprint density at radius 1 is 1.11 bits per heavy atom. The van der Waals surface area contributed by atoms with Crippen molar-refractivity contribution in [1.29, 1.82) is 0 Å². The number of hydrogen-bond donors (Lipinski definition) is 0. The van der Waals surface area contributed by atoms with Crippen molar-refractivity contribution >= 4 is 23.2 Å². The van der Waals surface area contributed by atoms with Crippen LogP contribution in [0.4, 0.5) is 0 Å². The van der Waals surface area contributed by atoms with Crippen molar-refractivity contribution in [2.24, 2.45) is 0 Å². The maximum absolute atomic E-state index is 12.0. The van der Waals surface area contributed by atoms with Crippen LogP contribution in [0.2, 0.25) is 10.0 Å². The van der Waals surface area contributed by atoms with Gasteiger partial charge in [-0.1, -0.05) is 29.3 Å². The normalized spacial score (nSPS) is 10.7. The molecule has 100 valence electrons. The van der Waals surface area contributed by atoms with Crippen molar-refractivity contribution < 1.29 is 0 Å². The van der Waals surface area contributed by atoms with Crippen LogP contribution in [0, 0.1) is 6.92 Å². The second-order valence-corrected chi connectivity index (χ2v) is 5.22. The number of aromatic nitrogens is 1. The number of benzene rings is 1. The van der Waals surface area contributed by atoms with Gasteiger partial charge in [-0.3, -0.25) is 4.79 Å². The lowest BCUT2D eigenvalue weighted by atomic mass is 10.0. The van der Waals surface area contributed by atoms with E-state index in [0.717, 1.165) is 23.4 Å². The summed E-state index contributed by atoms with van der Waals surface area (Å²) in [5.41, 5.74) is 2.54. The van der Waals surface area contributed by atoms with E-state index >= 15 is 0 Å². The molecule has 0 saturated carbocycles. The van der Waals surface area contributed by atoms with Gasteiger partial charge in [-0.05, 0) is 31.5 Å². The molecule has 0 aliphatic rings. The highest BCUT2D eigenvalue weighted by Gasteiger charge is 2.12. The number of aryl methyl sites for hydroxylation is 1. The lowest BCUT2D eigenvalue weighted by Gasteiger charge is -2.13. The summed E-state index contributed by atoms with van der Waals surface area (Å²) in [6.45, 7) is 4.82. The minimum absolute atomic E-state index is 0.0261. The minimum Gasteiger partial charge on any atom is -0.351 e. The van der Waals surface area contributed by atoms with Crippen molar-refractivity contribution in [3.05, 3.63) is 67.6 Å². The van der Waals surface area contributed by atoms with Crippen LogP contribution in [-0.2, 0) is 13.0 Å². The molecule has 2 rings (SSSR count). The third-order valence-corrected chi connectivity index (χ3v) is 4.03. The molecule has 1 heterocycles. The van der Waals surface area contributed by atoms with E-state index in [1.165, 1.54) is 0 Å². The first-order valence-corrected chi connectivity index (χ1v) is 6.92. The summed E-state index contributed by atoms with van der Waals surface area (Å²) < 4.78 is 2.04. The first kappa shape index (κ1) is 14.2. The van der Waals surface area contributed by atoms with Crippen LogP contribution in [0.3, 0.4) is 0 Å². The molecule has 0 aliphatic heterocycles. The lowest BCUT2D eigenvalue weighted by Crippen LogP contribution is -2.16. The largest absolute Gasteiger partial charge is 0.351 e. The molecule has 0 spiro atoms. The van der Waals surface area contributed by atoms with E-state index in [0.29, 0.717) is 16.5 Å². The van der Waals surface area contributed by atoms with Crippen LogP contribution in [0.15, 0.2) is 35.3 Å². The Bertz CT molecular complexity index is 641. The van der Waals surface area contributed by atoms with Gasteiger partial charge in [0.25, 0.3) is 0 Å². The smallest absolute Gasteiger partial charge is 0.185 e. The summed E-state index contributed by atoms with van der Waals surface area (Å²) >= 11 is 12.3. The Morgan fingerprint density at radius 3 is 2.32 bits per heavy atom. The Hall–Kier alpha value is -1.25. The van der Waals surface area contributed by atoms with E-state index in [2.05, 4.69) is 0 Å². The molecule has 0 fully saturated rings. The molecule has 0 atom stereocenters. The van der Waals surface area contributed by atoms with Crippen LogP contribution in [-0.4, -0.2) is 4.57 Å². The van der Waals surface area contributed by atoms with Gasteiger partial charge in [-0.2, -0.15) is 0 Å². The molecule has 0 saturated heterocycles. The van der Waals surface area contributed by atoms with Crippen molar-refractivity contribution in [1.82, 2.24) is 4.57 Å². The molecular formula is C15H15Cl2NO. The summed E-state index contributed by atoms with van der Waals surface area (Å²) in [5.74, 6) is 0. The van der Waals surface area contributed by atoms with Gasteiger partial charge in [0.2, 0.25) is 0 Å². The lowest BCUT2D eigenvalue weighted by molar-refractivity contribution is 0.715. The molecule has 2 nitrogen and oxygen atoms in total. The molecular weight excluding hydrogens is 281 g/mol. The van der Waals surface area contributed by atoms with Crippen molar-refractivity contribution in [2.45, 2.75) is 26.8 Å². The van der Waals surface area contributed by atoms with Gasteiger partial charge in [-0.15, -0.1) is 0 Å². The summed E-state index contributed by atoms with van der Waals surface area (Å²) in [7, 11) is 0. The van der Waals surface area contributed by atoms with Crippen LogP contribution >= 0.6 is 23.2 Å². The number of halogens is 2. The number of rotatable bonds is 3. The van der Waals surface area contributed by atoms with Crippen LogP contribution in [0.1, 0.15) is 23.7 Å². The fourth-order valence-corrected chi connectivity index (χ4v) is 2.69. The first-order valence-electron chi connectivity index (χ1n) is 6.16. The average Bonchev–Trinajstić information content (AvgIpc) is 2.37. The Labute approximate surface area is 122 Å². The third-order valence-electron chi connectivity index (χ3n) is 3.33. The average molecular weight is 296 g/mol. The van der Waals surface area contributed by atoms with E-state index < -0.39 is 0 Å². The molecule has 4 heteroatoms. The molecule has 0 unspecified atom stereocenters. The maximum Gasteiger partial charge on any atom is 0.185 e. The zero-order valence-electron chi connectivity index (χ0n) is 10.9. The van der Waals surface area contributed by atoms with E-state index in [9.17, 15) is 4.79 Å². The molecule has 19 heavy (non-hydrogen) atoms. The SMILES string of the molecule is CCn1ccc(=O)c(Cc2c(Cl)cccc2Cl)c1C. The molecule has 1 aromatic carbocycles. The van der Waals surface area contributed by atoms with Gasteiger partial charge in [0.05, 0.1) is 0 Å².